The Hall–Kier alpha value is -3.54. The standard InChI is InChI=1S/C23H23ClF3N5O4/c1-12-7-8-28-21(35-3)19(12)29-20(33)14-10-15(24)16(11-17(14)36-13(2)23(25,26)27)32-22(34)31-9-5-4-6-18(31)30-32/h7-8,10-11,13H,4-6,9H2,1-3H3,(H,29,33)/t13-/m0/s1. The summed E-state index contributed by atoms with van der Waals surface area (Å²) in [6.45, 7) is 2.99. The maximum atomic E-state index is 13.3. The second-order valence-corrected chi connectivity index (χ2v) is 8.69. The van der Waals surface area contributed by atoms with Crippen LogP contribution in [-0.4, -0.2) is 44.6 Å². The second kappa shape index (κ2) is 9.84. The summed E-state index contributed by atoms with van der Waals surface area (Å²) in [6, 6.07) is 3.89. The number of rotatable bonds is 6. The zero-order valence-electron chi connectivity index (χ0n) is 19.6. The van der Waals surface area contributed by atoms with Crippen LogP contribution in [0.2, 0.25) is 5.02 Å². The Morgan fingerprint density at radius 2 is 2.03 bits per heavy atom. The van der Waals surface area contributed by atoms with E-state index in [4.69, 9.17) is 21.1 Å². The highest BCUT2D eigenvalue weighted by Crippen LogP contribution is 2.34. The number of aryl methyl sites for hydroxylation is 2. The molecule has 0 spiro atoms. The van der Waals surface area contributed by atoms with Crippen LogP contribution < -0.4 is 20.5 Å². The fraction of sp³-hybridized carbons (Fsp3) is 0.391. The van der Waals surface area contributed by atoms with Gasteiger partial charge in [0.1, 0.15) is 17.3 Å². The van der Waals surface area contributed by atoms with Gasteiger partial charge in [0.2, 0.25) is 5.88 Å². The van der Waals surface area contributed by atoms with Crippen molar-refractivity contribution in [3.05, 3.63) is 56.9 Å². The molecule has 3 heterocycles. The van der Waals surface area contributed by atoms with E-state index in [9.17, 15) is 22.8 Å². The van der Waals surface area contributed by atoms with Crippen LogP contribution in [0.1, 0.15) is 41.5 Å². The van der Waals surface area contributed by atoms with E-state index in [0.717, 1.165) is 36.6 Å². The highest BCUT2D eigenvalue weighted by atomic mass is 35.5. The van der Waals surface area contributed by atoms with Gasteiger partial charge < -0.3 is 14.8 Å². The summed E-state index contributed by atoms with van der Waals surface area (Å²) in [4.78, 5) is 30.1. The first kappa shape index (κ1) is 25.5. The van der Waals surface area contributed by atoms with E-state index < -0.39 is 29.6 Å². The first-order chi connectivity index (χ1) is 17.0. The third-order valence-electron chi connectivity index (χ3n) is 5.81. The molecule has 1 atom stereocenters. The SMILES string of the molecule is COc1nccc(C)c1NC(=O)c1cc(Cl)c(-n2nc3n(c2=O)CCCC3)cc1O[C@@H](C)C(F)(F)F. The van der Waals surface area contributed by atoms with Crippen molar-refractivity contribution in [2.24, 2.45) is 0 Å². The zero-order chi connectivity index (χ0) is 26.2. The van der Waals surface area contributed by atoms with E-state index in [1.807, 2.05) is 0 Å². The molecule has 0 saturated carbocycles. The maximum Gasteiger partial charge on any atom is 0.425 e. The molecule has 192 valence electrons. The zero-order valence-corrected chi connectivity index (χ0v) is 20.4. The van der Waals surface area contributed by atoms with Crippen molar-refractivity contribution >= 4 is 23.2 Å². The molecule has 0 unspecified atom stereocenters. The molecule has 3 aromatic rings. The number of pyridine rings is 1. The Kier molecular flexibility index (Phi) is 6.98. The van der Waals surface area contributed by atoms with Crippen molar-refractivity contribution in [1.82, 2.24) is 19.3 Å². The highest BCUT2D eigenvalue weighted by molar-refractivity contribution is 6.33. The van der Waals surface area contributed by atoms with Crippen molar-refractivity contribution in [3.63, 3.8) is 0 Å². The quantitative estimate of drug-likeness (QED) is 0.514. The largest absolute Gasteiger partial charge is 0.480 e. The number of nitrogens with one attached hydrogen (secondary N) is 1. The Morgan fingerprint density at radius 3 is 2.69 bits per heavy atom. The Bertz CT molecular complexity index is 1370. The normalized spacial score (nSPS) is 14.2. The van der Waals surface area contributed by atoms with Crippen LogP contribution in [0.3, 0.4) is 0 Å². The molecule has 1 aromatic carbocycles. The molecule has 0 aliphatic carbocycles. The fourth-order valence-corrected chi connectivity index (χ4v) is 4.06. The van der Waals surface area contributed by atoms with Gasteiger partial charge in [-0.05, 0) is 44.4 Å². The summed E-state index contributed by atoms with van der Waals surface area (Å²) in [5, 5.41) is 6.84. The van der Waals surface area contributed by atoms with Crippen LogP contribution in [0, 0.1) is 6.92 Å². The molecule has 1 amide bonds. The average Bonchev–Trinajstić information content (AvgIpc) is 3.16. The predicted molar refractivity (Wildman–Crippen MR) is 125 cm³/mol. The van der Waals surface area contributed by atoms with E-state index in [0.29, 0.717) is 24.4 Å². The second-order valence-electron chi connectivity index (χ2n) is 8.29. The maximum absolute atomic E-state index is 13.3. The molecule has 1 N–H and O–H groups in total. The van der Waals surface area contributed by atoms with Gasteiger partial charge >= 0.3 is 11.9 Å². The Balaban J connectivity index is 1.81. The van der Waals surface area contributed by atoms with Crippen molar-refractivity contribution in [1.29, 1.82) is 0 Å². The minimum absolute atomic E-state index is 0.000343. The lowest BCUT2D eigenvalue weighted by atomic mass is 10.1. The molecule has 2 aromatic heterocycles. The number of aromatic nitrogens is 4. The Labute approximate surface area is 208 Å². The van der Waals surface area contributed by atoms with Crippen LogP contribution >= 0.6 is 11.6 Å². The summed E-state index contributed by atoms with van der Waals surface area (Å²) in [6.07, 6.45) is -3.23. The minimum Gasteiger partial charge on any atom is -0.480 e. The van der Waals surface area contributed by atoms with E-state index in [-0.39, 0.29) is 27.8 Å². The van der Waals surface area contributed by atoms with Crippen LogP contribution in [0.4, 0.5) is 18.9 Å². The van der Waals surface area contributed by atoms with Gasteiger partial charge in [-0.25, -0.2) is 9.78 Å². The van der Waals surface area contributed by atoms with E-state index >= 15 is 0 Å². The van der Waals surface area contributed by atoms with Gasteiger partial charge in [0.05, 0.1) is 23.4 Å². The number of fused-ring (bicyclic) bond motifs is 1. The van der Waals surface area contributed by atoms with Gasteiger partial charge in [-0.2, -0.15) is 17.9 Å². The number of alkyl halides is 3. The first-order valence-corrected chi connectivity index (χ1v) is 11.5. The van der Waals surface area contributed by atoms with Crippen molar-refractivity contribution < 1.29 is 27.4 Å². The average molecular weight is 526 g/mol. The summed E-state index contributed by atoms with van der Waals surface area (Å²) in [5.41, 5.74) is 0.0911. The summed E-state index contributed by atoms with van der Waals surface area (Å²) < 4.78 is 52.9. The van der Waals surface area contributed by atoms with Crippen LogP contribution in [-0.2, 0) is 13.0 Å². The molecule has 1 aliphatic rings. The number of carbonyl (C=O) groups excluding carboxylic acids is 1. The molecule has 0 radical (unpaired) electrons. The smallest absolute Gasteiger partial charge is 0.425 e. The number of carbonyl (C=O) groups is 1. The van der Waals surface area contributed by atoms with Crippen LogP contribution in [0.15, 0.2) is 29.2 Å². The van der Waals surface area contributed by atoms with Crippen molar-refractivity contribution in [2.75, 3.05) is 12.4 Å². The topological polar surface area (TPSA) is 100 Å². The monoisotopic (exact) mass is 525 g/mol. The molecule has 9 nitrogen and oxygen atoms in total. The molecule has 36 heavy (non-hydrogen) atoms. The number of halogens is 4. The number of methoxy groups -OCH3 is 1. The summed E-state index contributed by atoms with van der Waals surface area (Å²) in [7, 11) is 1.37. The molecule has 0 fully saturated rings. The van der Waals surface area contributed by atoms with Gasteiger partial charge in [-0.3, -0.25) is 9.36 Å². The third-order valence-corrected chi connectivity index (χ3v) is 6.12. The lowest BCUT2D eigenvalue weighted by molar-refractivity contribution is -0.189. The van der Waals surface area contributed by atoms with Gasteiger partial charge in [-0.1, -0.05) is 11.6 Å². The van der Waals surface area contributed by atoms with E-state index in [2.05, 4.69) is 15.4 Å². The third kappa shape index (κ3) is 4.90. The first-order valence-electron chi connectivity index (χ1n) is 11.1. The molecule has 0 bridgehead atoms. The summed E-state index contributed by atoms with van der Waals surface area (Å²) >= 11 is 6.43. The van der Waals surface area contributed by atoms with Crippen molar-refractivity contribution in [3.8, 4) is 17.3 Å². The number of hydrogen-bond donors (Lipinski definition) is 1. The number of amides is 1. The molecular weight excluding hydrogens is 503 g/mol. The van der Waals surface area contributed by atoms with Gasteiger partial charge in [0.25, 0.3) is 5.91 Å². The molecular formula is C23H23ClF3N5O4. The predicted octanol–water partition coefficient (Wildman–Crippen LogP) is 4.32. The van der Waals surface area contributed by atoms with Gasteiger partial charge in [0.15, 0.2) is 6.10 Å². The summed E-state index contributed by atoms with van der Waals surface area (Å²) in [5.74, 6) is -0.560. The Morgan fingerprint density at radius 1 is 1.28 bits per heavy atom. The van der Waals surface area contributed by atoms with Crippen LogP contribution in [0.25, 0.3) is 5.69 Å². The van der Waals surface area contributed by atoms with Crippen molar-refractivity contribution in [2.45, 2.75) is 51.9 Å². The molecule has 4 rings (SSSR count). The number of hydrogen-bond acceptors (Lipinski definition) is 6. The minimum atomic E-state index is -4.71. The van der Waals surface area contributed by atoms with Gasteiger partial charge in [-0.15, -0.1) is 5.10 Å². The fourth-order valence-electron chi connectivity index (χ4n) is 3.81. The highest BCUT2D eigenvalue weighted by Gasteiger charge is 2.39. The van der Waals surface area contributed by atoms with E-state index in [1.54, 1.807) is 13.0 Å². The van der Waals surface area contributed by atoms with Gasteiger partial charge in [0, 0.05) is 25.2 Å². The lowest BCUT2D eigenvalue weighted by Crippen LogP contribution is -2.32. The molecule has 13 heteroatoms. The lowest BCUT2D eigenvalue weighted by Gasteiger charge is -2.21. The van der Waals surface area contributed by atoms with E-state index in [1.165, 1.54) is 17.9 Å². The molecule has 0 saturated heterocycles. The number of anilines is 1. The number of ether oxygens (including phenoxy) is 2. The molecule has 1 aliphatic heterocycles. The number of nitrogens with zero attached hydrogens (tertiary/aromatic N) is 4. The van der Waals surface area contributed by atoms with Crippen LogP contribution in [0.5, 0.6) is 11.6 Å². The number of benzene rings is 1.